The maximum Gasteiger partial charge on any atom is 0.224 e. The quantitative estimate of drug-likeness (QED) is 0.273. The lowest BCUT2D eigenvalue weighted by Crippen LogP contribution is -2.11. The first-order valence-electron chi connectivity index (χ1n) is 9.54. The van der Waals surface area contributed by atoms with E-state index in [1.165, 1.54) is 12.5 Å². The van der Waals surface area contributed by atoms with Gasteiger partial charge in [-0.15, -0.1) is 0 Å². The van der Waals surface area contributed by atoms with Gasteiger partial charge in [-0.25, -0.2) is 15.0 Å². The SMILES string of the molecule is Cc1cc(-c2nc3c(=O)c(SNc4cnoc4)c[nH]c3nc2-c2ccccc2)cc(Cl)n1. The summed E-state index contributed by atoms with van der Waals surface area (Å²) in [6.07, 6.45) is 4.57. The first-order valence-corrected chi connectivity index (χ1v) is 10.7. The van der Waals surface area contributed by atoms with Crippen LogP contribution in [0, 0.1) is 6.92 Å². The van der Waals surface area contributed by atoms with Crippen molar-refractivity contribution in [2.24, 2.45) is 0 Å². The Balaban J connectivity index is 1.69. The lowest BCUT2D eigenvalue weighted by molar-refractivity contribution is 0.420. The van der Waals surface area contributed by atoms with Gasteiger partial charge in [0.25, 0.3) is 0 Å². The number of nitrogens with one attached hydrogen (secondary N) is 2. The Bertz CT molecular complexity index is 1450. The van der Waals surface area contributed by atoms with Gasteiger partial charge in [-0.1, -0.05) is 47.1 Å². The van der Waals surface area contributed by atoms with E-state index in [1.54, 1.807) is 12.3 Å². The molecule has 0 aliphatic carbocycles. The molecule has 32 heavy (non-hydrogen) atoms. The molecule has 0 atom stereocenters. The lowest BCUT2D eigenvalue weighted by atomic mass is 10.0. The highest BCUT2D eigenvalue weighted by atomic mass is 35.5. The molecule has 5 aromatic rings. The van der Waals surface area contributed by atoms with Crippen molar-refractivity contribution in [2.75, 3.05) is 4.72 Å². The van der Waals surface area contributed by atoms with E-state index >= 15 is 0 Å². The fourth-order valence-corrected chi connectivity index (χ4v) is 4.11. The van der Waals surface area contributed by atoms with E-state index in [1.807, 2.05) is 43.3 Å². The van der Waals surface area contributed by atoms with Crippen LogP contribution < -0.4 is 10.2 Å². The van der Waals surface area contributed by atoms with Crippen molar-refractivity contribution in [1.82, 2.24) is 25.1 Å². The number of pyridine rings is 2. The third-order valence-electron chi connectivity index (χ3n) is 4.63. The molecule has 0 amide bonds. The van der Waals surface area contributed by atoms with E-state index in [0.717, 1.165) is 28.8 Å². The van der Waals surface area contributed by atoms with Gasteiger partial charge in [-0.2, -0.15) is 0 Å². The molecular weight excluding hydrogens is 448 g/mol. The number of aromatic amines is 1. The van der Waals surface area contributed by atoms with Crippen LogP contribution in [0.3, 0.4) is 0 Å². The van der Waals surface area contributed by atoms with Crippen molar-refractivity contribution in [3.8, 4) is 22.5 Å². The number of hydrogen-bond donors (Lipinski definition) is 2. The summed E-state index contributed by atoms with van der Waals surface area (Å²) < 4.78 is 7.80. The maximum atomic E-state index is 13.2. The fraction of sp³-hybridized carbons (Fsp3) is 0.0455. The number of benzene rings is 1. The first kappa shape index (κ1) is 20.2. The Labute approximate surface area is 191 Å². The highest BCUT2D eigenvalue weighted by Gasteiger charge is 2.17. The third-order valence-corrected chi connectivity index (χ3v) is 5.68. The van der Waals surface area contributed by atoms with Crippen LogP contribution in [0.4, 0.5) is 5.69 Å². The fourth-order valence-electron chi connectivity index (χ4n) is 3.22. The minimum atomic E-state index is -0.252. The average molecular weight is 463 g/mol. The molecule has 4 aromatic heterocycles. The Morgan fingerprint density at radius 1 is 1.06 bits per heavy atom. The summed E-state index contributed by atoms with van der Waals surface area (Å²) in [7, 11) is 0. The van der Waals surface area contributed by atoms with Crippen molar-refractivity contribution in [3.05, 3.63) is 82.2 Å². The predicted octanol–water partition coefficient (Wildman–Crippen LogP) is 5.12. The number of halogens is 1. The van der Waals surface area contributed by atoms with Gasteiger partial charge in [-0.3, -0.25) is 4.79 Å². The molecule has 4 heterocycles. The largest absolute Gasteiger partial charge is 0.362 e. The smallest absolute Gasteiger partial charge is 0.224 e. The van der Waals surface area contributed by atoms with E-state index < -0.39 is 0 Å². The molecule has 0 unspecified atom stereocenters. The van der Waals surface area contributed by atoms with Crippen LogP contribution in [0.25, 0.3) is 33.7 Å². The zero-order chi connectivity index (χ0) is 22.1. The van der Waals surface area contributed by atoms with E-state index in [-0.39, 0.29) is 10.9 Å². The molecule has 0 aliphatic rings. The van der Waals surface area contributed by atoms with Crippen LogP contribution in [0.5, 0.6) is 0 Å². The summed E-state index contributed by atoms with van der Waals surface area (Å²) in [5.41, 5.74) is 4.54. The Morgan fingerprint density at radius 3 is 2.62 bits per heavy atom. The number of aromatic nitrogens is 5. The molecule has 0 saturated carbocycles. The number of hydrogen-bond acceptors (Lipinski definition) is 8. The second kappa shape index (κ2) is 8.45. The van der Waals surface area contributed by atoms with Gasteiger partial charge in [0.1, 0.15) is 17.1 Å². The second-order valence-corrected chi connectivity index (χ2v) is 8.14. The molecule has 0 aliphatic heterocycles. The third kappa shape index (κ3) is 3.95. The number of H-pyrrole nitrogens is 1. The van der Waals surface area contributed by atoms with Gasteiger partial charge >= 0.3 is 0 Å². The van der Waals surface area contributed by atoms with Crippen molar-refractivity contribution >= 4 is 40.4 Å². The normalized spacial score (nSPS) is 11.1. The number of anilines is 1. The molecule has 8 nitrogen and oxygen atoms in total. The van der Waals surface area contributed by atoms with Gasteiger partial charge in [0, 0.05) is 23.0 Å². The second-order valence-electron chi connectivity index (χ2n) is 6.90. The molecule has 2 N–H and O–H groups in total. The van der Waals surface area contributed by atoms with Gasteiger partial charge in [0.2, 0.25) is 5.43 Å². The molecule has 10 heteroatoms. The molecule has 0 spiro atoms. The van der Waals surface area contributed by atoms with Crippen LogP contribution >= 0.6 is 23.5 Å². The zero-order valence-corrected chi connectivity index (χ0v) is 18.2. The summed E-state index contributed by atoms with van der Waals surface area (Å²) in [4.78, 5) is 30.4. The Kier molecular flexibility index (Phi) is 5.34. The van der Waals surface area contributed by atoms with Crippen LogP contribution in [0.2, 0.25) is 5.15 Å². The average Bonchev–Trinajstić information content (AvgIpc) is 3.32. The van der Waals surface area contributed by atoms with Gasteiger partial charge in [0.15, 0.2) is 11.2 Å². The Hall–Kier alpha value is -3.69. The van der Waals surface area contributed by atoms with Crippen molar-refractivity contribution in [1.29, 1.82) is 0 Å². The summed E-state index contributed by atoms with van der Waals surface area (Å²) in [5.74, 6) is 0. The highest BCUT2D eigenvalue weighted by molar-refractivity contribution is 8.00. The molecular formula is C22H15ClN6O2S. The number of nitrogens with zero attached hydrogens (tertiary/aromatic N) is 4. The zero-order valence-electron chi connectivity index (χ0n) is 16.7. The predicted molar refractivity (Wildman–Crippen MR) is 125 cm³/mol. The first-order chi connectivity index (χ1) is 15.6. The van der Waals surface area contributed by atoms with E-state index in [2.05, 4.69) is 19.8 Å². The standard InChI is InChI=1S/C22H15ClN6O2S/c1-12-7-14(8-17(23)26-12)19-18(13-5-3-2-4-6-13)28-22-20(27-19)21(30)16(10-24-22)32-29-15-9-25-31-11-15/h2-11,29H,1H3,(H,24,28,30). The molecule has 5 rings (SSSR count). The highest BCUT2D eigenvalue weighted by Crippen LogP contribution is 2.31. The van der Waals surface area contributed by atoms with Crippen LogP contribution in [0.1, 0.15) is 5.69 Å². The molecule has 158 valence electrons. The molecule has 0 bridgehead atoms. The topological polar surface area (TPSA) is 110 Å². The van der Waals surface area contributed by atoms with Crippen LogP contribution in [-0.2, 0) is 0 Å². The maximum absolute atomic E-state index is 13.2. The summed E-state index contributed by atoms with van der Waals surface area (Å²) in [6.45, 7) is 1.85. The number of aryl methyl sites for hydroxylation is 1. The number of fused-ring (bicyclic) bond motifs is 1. The van der Waals surface area contributed by atoms with Crippen molar-refractivity contribution in [3.63, 3.8) is 0 Å². The number of rotatable bonds is 5. The van der Waals surface area contributed by atoms with Gasteiger partial charge in [-0.05, 0) is 31.0 Å². The van der Waals surface area contributed by atoms with Crippen LogP contribution in [-0.4, -0.2) is 25.1 Å². The molecule has 1 aromatic carbocycles. The monoisotopic (exact) mass is 462 g/mol. The molecule has 0 radical (unpaired) electrons. The van der Waals surface area contributed by atoms with E-state index in [4.69, 9.17) is 26.1 Å². The van der Waals surface area contributed by atoms with E-state index in [9.17, 15) is 4.79 Å². The van der Waals surface area contributed by atoms with Crippen molar-refractivity contribution < 1.29 is 4.52 Å². The lowest BCUT2D eigenvalue weighted by Gasteiger charge is -2.11. The van der Waals surface area contributed by atoms with E-state index in [0.29, 0.717) is 32.8 Å². The Morgan fingerprint density at radius 2 is 1.88 bits per heavy atom. The summed E-state index contributed by atoms with van der Waals surface area (Å²) in [5, 5.41) is 3.97. The van der Waals surface area contributed by atoms with Gasteiger partial charge in [0.05, 0.1) is 22.5 Å². The van der Waals surface area contributed by atoms with Crippen molar-refractivity contribution in [2.45, 2.75) is 11.8 Å². The molecule has 0 fully saturated rings. The summed E-state index contributed by atoms with van der Waals surface area (Å²) >= 11 is 7.35. The minimum absolute atomic E-state index is 0.224. The minimum Gasteiger partial charge on any atom is -0.362 e. The summed E-state index contributed by atoms with van der Waals surface area (Å²) in [6, 6.07) is 13.3. The van der Waals surface area contributed by atoms with Crippen LogP contribution in [0.15, 0.2) is 75.3 Å². The van der Waals surface area contributed by atoms with Gasteiger partial charge < -0.3 is 14.2 Å². The molecule has 0 saturated heterocycles.